The first-order valence-corrected chi connectivity index (χ1v) is 6.44. The SMILES string of the molecule is CN(C)C(c1ccc(Cl)s1)C1CC(N)C1. The van der Waals surface area contributed by atoms with Crippen molar-refractivity contribution in [3.63, 3.8) is 0 Å². The third-order valence-electron chi connectivity index (χ3n) is 3.10. The van der Waals surface area contributed by atoms with E-state index in [-0.39, 0.29) is 0 Å². The van der Waals surface area contributed by atoms with Crippen LogP contribution in [0, 0.1) is 5.92 Å². The molecule has 1 aliphatic rings. The summed E-state index contributed by atoms with van der Waals surface area (Å²) in [5.74, 6) is 0.699. The predicted octanol–water partition coefficient (Wildman–Crippen LogP) is 2.74. The van der Waals surface area contributed by atoms with Gasteiger partial charge >= 0.3 is 0 Å². The van der Waals surface area contributed by atoms with E-state index in [1.165, 1.54) is 4.88 Å². The van der Waals surface area contributed by atoms with Gasteiger partial charge in [0, 0.05) is 17.0 Å². The maximum absolute atomic E-state index is 5.98. The molecule has 0 saturated heterocycles. The summed E-state index contributed by atoms with van der Waals surface area (Å²) in [5.41, 5.74) is 5.85. The lowest BCUT2D eigenvalue weighted by molar-refractivity contribution is 0.126. The highest BCUT2D eigenvalue weighted by atomic mass is 35.5. The molecule has 1 aliphatic carbocycles. The van der Waals surface area contributed by atoms with Crippen molar-refractivity contribution < 1.29 is 0 Å². The van der Waals surface area contributed by atoms with Crippen molar-refractivity contribution in [3.8, 4) is 0 Å². The van der Waals surface area contributed by atoms with Crippen molar-refractivity contribution in [2.75, 3.05) is 14.1 Å². The molecule has 84 valence electrons. The largest absolute Gasteiger partial charge is 0.328 e. The second-order valence-corrected chi connectivity index (χ2v) is 6.29. The van der Waals surface area contributed by atoms with E-state index in [2.05, 4.69) is 25.1 Å². The van der Waals surface area contributed by atoms with Crippen molar-refractivity contribution in [1.82, 2.24) is 4.90 Å². The number of hydrogen-bond donors (Lipinski definition) is 1. The van der Waals surface area contributed by atoms with Crippen LogP contribution in [0.3, 0.4) is 0 Å². The van der Waals surface area contributed by atoms with Crippen LogP contribution < -0.4 is 5.73 Å². The number of rotatable bonds is 3. The van der Waals surface area contributed by atoms with E-state index in [0.717, 1.165) is 17.2 Å². The second-order valence-electron chi connectivity index (χ2n) is 4.54. The van der Waals surface area contributed by atoms with E-state index in [1.54, 1.807) is 11.3 Å². The van der Waals surface area contributed by atoms with Crippen LogP contribution in [0.4, 0.5) is 0 Å². The Balaban J connectivity index is 2.13. The van der Waals surface area contributed by atoms with E-state index in [4.69, 9.17) is 17.3 Å². The third kappa shape index (κ3) is 2.36. The maximum Gasteiger partial charge on any atom is 0.0931 e. The average Bonchev–Trinajstić information content (AvgIpc) is 2.49. The molecule has 0 aromatic carbocycles. The van der Waals surface area contributed by atoms with Gasteiger partial charge in [0.05, 0.1) is 4.34 Å². The summed E-state index contributed by atoms with van der Waals surface area (Å²) in [6.07, 6.45) is 2.27. The van der Waals surface area contributed by atoms with Gasteiger partial charge in [-0.3, -0.25) is 0 Å². The quantitative estimate of drug-likeness (QED) is 0.886. The minimum Gasteiger partial charge on any atom is -0.328 e. The van der Waals surface area contributed by atoms with Crippen molar-refractivity contribution in [2.24, 2.45) is 11.7 Å². The van der Waals surface area contributed by atoms with E-state index in [9.17, 15) is 0 Å². The fourth-order valence-corrected chi connectivity index (χ4v) is 3.71. The molecule has 1 unspecified atom stereocenters. The number of thiophene rings is 1. The minimum absolute atomic E-state index is 0.410. The van der Waals surface area contributed by atoms with E-state index < -0.39 is 0 Å². The lowest BCUT2D eigenvalue weighted by atomic mass is 9.75. The predicted molar refractivity (Wildman–Crippen MR) is 66.5 cm³/mol. The van der Waals surface area contributed by atoms with Gasteiger partial charge in [0.25, 0.3) is 0 Å². The summed E-state index contributed by atoms with van der Waals surface area (Å²) in [6, 6.07) is 5.02. The highest BCUT2D eigenvalue weighted by Crippen LogP contribution is 2.42. The summed E-state index contributed by atoms with van der Waals surface area (Å²) in [6.45, 7) is 0. The van der Waals surface area contributed by atoms with Crippen LogP contribution in [-0.2, 0) is 0 Å². The van der Waals surface area contributed by atoms with Gasteiger partial charge in [-0.2, -0.15) is 0 Å². The van der Waals surface area contributed by atoms with Crippen LogP contribution in [0.15, 0.2) is 12.1 Å². The standard InChI is InChI=1S/C11H17ClN2S/c1-14(2)11(7-5-8(13)6-7)9-3-4-10(12)15-9/h3-4,7-8,11H,5-6,13H2,1-2H3. The molecule has 2 rings (SSSR count). The Morgan fingerprint density at radius 1 is 1.47 bits per heavy atom. The molecule has 0 amide bonds. The number of nitrogens with zero attached hydrogens (tertiary/aromatic N) is 1. The zero-order valence-electron chi connectivity index (χ0n) is 9.11. The molecule has 1 aromatic heterocycles. The first kappa shape index (κ1) is 11.4. The van der Waals surface area contributed by atoms with Gasteiger partial charge < -0.3 is 10.6 Å². The zero-order valence-corrected chi connectivity index (χ0v) is 10.7. The molecule has 0 bridgehead atoms. The molecule has 1 aromatic rings. The molecule has 1 saturated carbocycles. The van der Waals surface area contributed by atoms with Gasteiger partial charge in [-0.25, -0.2) is 0 Å². The maximum atomic E-state index is 5.98. The topological polar surface area (TPSA) is 29.3 Å². The van der Waals surface area contributed by atoms with Gasteiger partial charge in [0.15, 0.2) is 0 Å². The Morgan fingerprint density at radius 3 is 2.53 bits per heavy atom. The number of hydrogen-bond acceptors (Lipinski definition) is 3. The summed E-state index contributed by atoms with van der Waals surface area (Å²) in [5, 5.41) is 0. The normalized spacial score (nSPS) is 27.8. The molecule has 2 nitrogen and oxygen atoms in total. The summed E-state index contributed by atoms with van der Waals surface area (Å²) in [7, 11) is 4.25. The van der Waals surface area contributed by atoms with Gasteiger partial charge in [0.1, 0.15) is 0 Å². The highest BCUT2D eigenvalue weighted by molar-refractivity contribution is 7.16. The summed E-state index contributed by atoms with van der Waals surface area (Å²) in [4.78, 5) is 3.64. The lowest BCUT2D eigenvalue weighted by Crippen LogP contribution is -2.42. The molecular formula is C11H17ClN2S. The molecule has 0 spiro atoms. The van der Waals surface area contributed by atoms with Crippen molar-refractivity contribution >= 4 is 22.9 Å². The van der Waals surface area contributed by atoms with Gasteiger partial charge in [-0.1, -0.05) is 11.6 Å². The van der Waals surface area contributed by atoms with E-state index >= 15 is 0 Å². The van der Waals surface area contributed by atoms with E-state index in [1.807, 2.05) is 6.07 Å². The van der Waals surface area contributed by atoms with Gasteiger partial charge in [0.2, 0.25) is 0 Å². The van der Waals surface area contributed by atoms with Gasteiger partial charge in [-0.15, -0.1) is 11.3 Å². The monoisotopic (exact) mass is 244 g/mol. The molecule has 4 heteroatoms. The highest BCUT2D eigenvalue weighted by Gasteiger charge is 2.35. The second kappa shape index (κ2) is 4.42. The smallest absolute Gasteiger partial charge is 0.0931 e. The van der Waals surface area contributed by atoms with Crippen LogP contribution in [0.2, 0.25) is 4.34 Å². The molecule has 1 heterocycles. The average molecular weight is 245 g/mol. The summed E-state index contributed by atoms with van der Waals surface area (Å²) < 4.78 is 0.875. The fourth-order valence-electron chi connectivity index (χ4n) is 2.36. The Labute approximate surface area is 100 Å². The molecular weight excluding hydrogens is 228 g/mol. The third-order valence-corrected chi connectivity index (χ3v) is 4.40. The Morgan fingerprint density at radius 2 is 2.13 bits per heavy atom. The fraction of sp³-hybridized carbons (Fsp3) is 0.636. The molecule has 1 atom stereocenters. The van der Waals surface area contributed by atoms with Crippen LogP contribution >= 0.6 is 22.9 Å². The van der Waals surface area contributed by atoms with Crippen molar-refractivity contribution in [3.05, 3.63) is 21.3 Å². The zero-order chi connectivity index (χ0) is 11.0. The van der Waals surface area contributed by atoms with Crippen LogP contribution in [0.5, 0.6) is 0 Å². The van der Waals surface area contributed by atoms with E-state index in [0.29, 0.717) is 18.0 Å². The van der Waals surface area contributed by atoms with Crippen LogP contribution in [0.1, 0.15) is 23.8 Å². The molecule has 15 heavy (non-hydrogen) atoms. The molecule has 1 fully saturated rings. The molecule has 0 radical (unpaired) electrons. The Bertz CT molecular complexity index is 331. The Hall–Kier alpha value is -0.0900. The first-order chi connectivity index (χ1) is 7.08. The first-order valence-electron chi connectivity index (χ1n) is 5.25. The minimum atomic E-state index is 0.410. The van der Waals surface area contributed by atoms with Crippen molar-refractivity contribution in [2.45, 2.75) is 24.9 Å². The number of halogens is 1. The van der Waals surface area contributed by atoms with Gasteiger partial charge in [-0.05, 0) is 45.0 Å². The summed E-state index contributed by atoms with van der Waals surface area (Å²) >= 11 is 7.66. The van der Waals surface area contributed by atoms with Crippen LogP contribution in [-0.4, -0.2) is 25.0 Å². The van der Waals surface area contributed by atoms with Crippen molar-refractivity contribution in [1.29, 1.82) is 0 Å². The number of nitrogens with two attached hydrogens (primary N) is 1. The lowest BCUT2D eigenvalue weighted by Gasteiger charge is -2.41. The van der Waals surface area contributed by atoms with Crippen LogP contribution in [0.25, 0.3) is 0 Å². The Kier molecular flexibility index (Phi) is 3.36. The molecule has 0 aliphatic heterocycles. The molecule has 2 N–H and O–H groups in total.